The summed E-state index contributed by atoms with van der Waals surface area (Å²) in [6, 6.07) is 6.08. The molecule has 4 atom stereocenters. The summed E-state index contributed by atoms with van der Waals surface area (Å²) in [4.78, 5) is 23.5. The number of ether oxygens (including phenoxy) is 4. The molecule has 1 fully saturated rings. The third kappa shape index (κ3) is 3.08. The fourth-order valence-electron chi connectivity index (χ4n) is 4.97. The van der Waals surface area contributed by atoms with Crippen molar-refractivity contribution in [2.24, 2.45) is 5.41 Å². The van der Waals surface area contributed by atoms with Crippen LogP contribution in [0.15, 0.2) is 36.4 Å². The highest BCUT2D eigenvalue weighted by atomic mass is 16.7. The molecule has 5 rings (SSSR count). The minimum atomic E-state index is -1.29. The van der Waals surface area contributed by atoms with Crippen molar-refractivity contribution < 1.29 is 28.8 Å². The standard InChI is InChI=1S/C21H21N3O8/c1-21(2)19(23(25)26)17(11-3-5-13-15(7-11)31-9-29-13)22-18(20(21)24(27)28)12-4-6-14-16(8-12)32-10-30-14/h3-8,17-20,22H,9-10H2,1-2H3/t17-,18-,19-,20+/m1/s1. The van der Waals surface area contributed by atoms with Crippen LogP contribution in [0.25, 0.3) is 0 Å². The predicted molar refractivity (Wildman–Crippen MR) is 109 cm³/mol. The first-order valence-electron chi connectivity index (χ1n) is 10.1. The normalized spacial score (nSPS) is 27.2. The van der Waals surface area contributed by atoms with E-state index in [1.807, 2.05) is 0 Å². The first kappa shape index (κ1) is 20.3. The second-order valence-corrected chi connectivity index (χ2v) is 8.63. The Morgan fingerprint density at radius 1 is 0.781 bits per heavy atom. The van der Waals surface area contributed by atoms with Crippen LogP contribution in [0.3, 0.4) is 0 Å². The van der Waals surface area contributed by atoms with Crippen LogP contribution in [0.1, 0.15) is 37.1 Å². The summed E-state index contributed by atoms with van der Waals surface area (Å²) in [5.74, 6) is 2.08. The number of nitro groups is 2. The summed E-state index contributed by atoms with van der Waals surface area (Å²) in [6.07, 6.45) is 0. The van der Waals surface area contributed by atoms with Crippen LogP contribution in [0, 0.1) is 25.6 Å². The van der Waals surface area contributed by atoms with Crippen molar-refractivity contribution >= 4 is 0 Å². The average Bonchev–Trinajstić information content (AvgIpc) is 3.39. The van der Waals surface area contributed by atoms with Gasteiger partial charge in [0.2, 0.25) is 25.7 Å². The van der Waals surface area contributed by atoms with Crippen molar-refractivity contribution in [1.29, 1.82) is 0 Å². The fraction of sp³-hybridized carbons (Fsp3) is 0.429. The number of fused-ring (bicyclic) bond motifs is 2. The van der Waals surface area contributed by atoms with Crippen molar-refractivity contribution in [3.63, 3.8) is 0 Å². The van der Waals surface area contributed by atoms with Gasteiger partial charge >= 0.3 is 0 Å². The molecule has 0 spiro atoms. The lowest BCUT2D eigenvalue weighted by Gasteiger charge is -2.44. The van der Waals surface area contributed by atoms with E-state index in [1.54, 1.807) is 50.2 Å². The van der Waals surface area contributed by atoms with Crippen molar-refractivity contribution in [2.45, 2.75) is 38.0 Å². The molecular formula is C21H21N3O8. The van der Waals surface area contributed by atoms with E-state index >= 15 is 0 Å². The minimum absolute atomic E-state index is 0.0737. The molecule has 168 valence electrons. The molecule has 0 unspecified atom stereocenters. The van der Waals surface area contributed by atoms with Crippen molar-refractivity contribution in [2.75, 3.05) is 13.6 Å². The molecule has 3 aliphatic rings. The number of nitrogens with zero attached hydrogens (tertiary/aromatic N) is 2. The molecular weight excluding hydrogens is 422 g/mol. The van der Waals surface area contributed by atoms with Gasteiger partial charge in [-0.1, -0.05) is 12.1 Å². The Balaban J connectivity index is 1.62. The van der Waals surface area contributed by atoms with Crippen LogP contribution < -0.4 is 24.3 Å². The molecule has 2 aromatic rings. The van der Waals surface area contributed by atoms with E-state index in [1.165, 1.54) is 0 Å². The maximum atomic E-state index is 12.2. The fourth-order valence-corrected chi connectivity index (χ4v) is 4.97. The molecule has 0 aliphatic carbocycles. The largest absolute Gasteiger partial charge is 0.454 e. The first-order valence-corrected chi connectivity index (χ1v) is 10.1. The molecule has 0 saturated carbocycles. The molecule has 11 nitrogen and oxygen atoms in total. The summed E-state index contributed by atoms with van der Waals surface area (Å²) in [6.45, 7) is 3.30. The number of benzene rings is 2. The molecule has 1 saturated heterocycles. The zero-order valence-electron chi connectivity index (χ0n) is 17.3. The highest BCUT2D eigenvalue weighted by Crippen LogP contribution is 2.49. The van der Waals surface area contributed by atoms with Gasteiger partial charge in [0.25, 0.3) is 0 Å². The Bertz CT molecular complexity index is 1020. The topological polar surface area (TPSA) is 135 Å². The van der Waals surface area contributed by atoms with Crippen molar-refractivity contribution in [1.82, 2.24) is 5.32 Å². The maximum absolute atomic E-state index is 12.2. The van der Waals surface area contributed by atoms with E-state index in [9.17, 15) is 20.2 Å². The van der Waals surface area contributed by atoms with E-state index in [0.717, 1.165) is 0 Å². The van der Waals surface area contributed by atoms with Gasteiger partial charge in [0.1, 0.15) is 17.5 Å². The Labute approximate surface area is 182 Å². The van der Waals surface area contributed by atoms with Gasteiger partial charge in [-0.25, -0.2) is 0 Å². The molecule has 3 aliphatic heterocycles. The molecule has 1 N–H and O–H groups in total. The highest BCUT2D eigenvalue weighted by Gasteiger charge is 2.63. The Morgan fingerprint density at radius 3 is 1.59 bits per heavy atom. The quantitative estimate of drug-likeness (QED) is 0.559. The molecule has 32 heavy (non-hydrogen) atoms. The van der Waals surface area contributed by atoms with Gasteiger partial charge in [0.05, 0.1) is 0 Å². The number of hydrogen-bond donors (Lipinski definition) is 1. The Kier molecular flexibility index (Phi) is 4.59. The SMILES string of the molecule is CC1(C)[C@@H]([N+](=O)[O-])[C@@H](c2ccc3c(c2)OCO3)N[C@H](c2ccc3c(c2)OCO3)[C@H]1[N+](=O)[O-]. The van der Waals surface area contributed by atoms with E-state index in [0.29, 0.717) is 34.1 Å². The summed E-state index contributed by atoms with van der Waals surface area (Å²) in [5, 5.41) is 27.6. The molecule has 3 heterocycles. The number of nitrogens with one attached hydrogen (secondary N) is 1. The van der Waals surface area contributed by atoms with Crippen LogP contribution >= 0.6 is 0 Å². The van der Waals surface area contributed by atoms with E-state index in [2.05, 4.69) is 5.32 Å². The molecule has 0 radical (unpaired) electrons. The van der Waals surface area contributed by atoms with Gasteiger partial charge in [-0.05, 0) is 49.2 Å². The second-order valence-electron chi connectivity index (χ2n) is 8.63. The van der Waals surface area contributed by atoms with Gasteiger partial charge < -0.3 is 18.9 Å². The summed E-state index contributed by atoms with van der Waals surface area (Å²) >= 11 is 0. The van der Waals surface area contributed by atoms with Gasteiger partial charge in [0, 0.05) is 9.85 Å². The smallest absolute Gasteiger partial charge is 0.243 e. The van der Waals surface area contributed by atoms with E-state index < -0.39 is 39.4 Å². The molecule has 11 heteroatoms. The third-order valence-corrected chi connectivity index (χ3v) is 6.48. The molecule has 0 bridgehead atoms. The molecule has 2 aromatic carbocycles. The first-order chi connectivity index (χ1) is 15.3. The Morgan fingerprint density at radius 2 is 1.19 bits per heavy atom. The average molecular weight is 443 g/mol. The van der Waals surface area contributed by atoms with Gasteiger partial charge in [0.15, 0.2) is 23.0 Å². The van der Waals surface area contributed by atoms with E-state index in [-0.39, 0.29) is 13.6 Å². The van der Waals surface area contributed by atoms with Crippen molar-refractivity contribution in [3.8, 4) is 23.0 Å². The zero-order valence-corrected chi connectivity index (χ0v) is 17.3. The number of rotatable bonds is 4. The van der Waals surface area contributed by atoms with Crippen molar-refractivity contribution in [3.05, 3.63) is 67.8 Å². The van der Waals surface area contributed by atoms with E-state index in [4.69, 9.17) is 18.9 Å². The summed E-state index contributed by atoms with van der Waals surface area (Å²) in [7, 11) is 0. The van der Waals surface area contributed by atoms with Crippen LogP contribution in [0.5, 0.6) is 23.0 Å². The zero-order chi connectivity index (χ0) is 22.6. The van der Waals surface area contributed by atoms with Crippen LogP contribution in [0.2, 0.25) is 0 Å². The monoisotopic (exact) mass is 443 g/mol. The molecule has 0 aromatic heterocycles. The van der Waals surface area contributed by atoms with Crippen LogP contribution in [0.4, 0.5) is 0 Å². The number of hydrogen-bond acceptors (Lipinski definition) is 9. The summed E-state index contributed by atoms with van der Waals surface area (Å²) in [5.41, 5.74) is -0.103. The lowest BCUT2D eigenvalue weighted by molar-refractivity contribution is -0.605. The lowest BCUT2D eigenvalue weighted by atomic mass is 9.66. The predicted octanol–water partition coefficient (Wildman–Crippen LogP) is 2.85. The third-order valence-electron chi connectivity index (χ3n) is 6.48. The second kappa shape index (κ2) is 7.23. The van der Waals surface area contributed by atoms with Gasteiger partial charge in [-0.2, -0.15) is 0 Å². The van der Waals surface area contributed by atoms with Crippen LogP contribution in [-0.4, -0.2) is 35.5 Å². The van der Waals surface area contributed by atoms with Gasteiger partial charge in [-0.3, -0.25) is 25.5 Å². The lowest BCUT2D eigenvalue weighted by Crippen LogP contribution is -2.63. The Hall–Kier alpha value is -3.60. The van der Waals surface area contributed by atoms with Crippen LogP contribution in [-0.2, 0) is 0 Å². The number of piperidine rings is 1. The molecule has 0 amide bonds. The highest BCUT2D eigenvalue weighted by molar-refractivity contribution is 5.47. The maximum Gasteiger partial charge on any atom is 0.243 e. The minimum Gasteiger partial charge on any atom is -0.454 e. The summed E-state index contributed by atoms with van der Waals surface area (Å²) < 4.78 is 21.6. The van der Waals surface area contributed by atoms with Gasteiger partial charge in [-0.15, -0.1) is 0 Å².